The molecule has 4 heteroatoms. The van der Waals surface area contributed by atoms with E-state index in [1.54, 1.807) is 0 Å². The minimum absolute atomic E-state index is 0.140. The molecule has 0 aliphatic heterocycles. The normalized spacial score (nSPS) is 10.0. The molecule has 0 N–H and O–H groups in total. The van der Waals surface area contributed by atoms with Gasteiger partial charge in [-0.25, -0.2) is 13.8 Å². The van der Waals surface area contributed by atoms with Crippen LogP contribution in [0.15, 0.2) is 6.07 Å². The predicted molar refractivity (Wildman–Crippen MR) is 28.8 cm³/mol. The molecule has 0 aliphatic carbocycles. The van der Waals surface area contributed by atoms with E-state index < -0.39 is 17.6 Å². The second kappa shape index (κ2) is 2.28. The summed E-state index contributed by atoms with van der Waals surface area (Å²) in [6.45, 7) is 1.26. The summed E-state index contributed by atoms with van der Waals surface area (Å²) in [5.41, 5.74) is -0.140. The van der Waals surface area contributed by atoms with Crippen molar-refractivity contribution < 1.29 is 13.2 Å². The molecule has 0 bridgehead atoms. The van der Waals surface area contributed by atoms with E-state index >= 15 is 0 Å². The fourth-order valence-corrected chi connectivity index (χ4v) is 0.529. The van der Waals surface area contributed by atoms with E-state index in [-0.39, 0.29) is 5.69 Å². The van der Waals surface area contributed by atoms with Gasteiger partial charge >= 0.3 is 0 Å². The van der Waals surface area contributed by atoms with Crippen LogP contribution >= 0.6 is 0 Å². The van der Waals surface area contributed by atoms with E-state index in [9.17, 15) is 13.2 Å². The van der Waals surface area contributed by atoms with E-state index in [0.29, 0.717) is 6.07 Å². The highest BCUT2D eigenvalue weighted by Crippen LogP contribution is 2.07. The highest BCUT2D eigenvalue weighted by molar-refractivity contribution is 5.07. The number of aromatic nitrogens is 1. The Hall–Kier alpha value is -1.06. The van der Waals surface area contributed by atoms with Crippen molar-refractivity contribution in [1.29, 1.82) is 0 Å². The van der Waals surface area contributed by atoms with E-state index in [4.69, 9.17) is 0 Å². The average molecular weight is 147 g/mol. The van der Waals surface area contributed by atoms with Crippen LogP contribution in [0.25, 0.3) is 0 Å². The molecule has 1 rings (SSSR count). The molecular formula is C6H4F3N. The van der Waals surface area contributed by atoms with Crippen LogP contribution in [0, 0.1) is 24.5 Å². The predicted octanol–water partition coefficient (Wildman–Crippen LogP) is 1.81. The smallest absolute Gasteiger partial charge is 0.219 e. The topological polar surface area (TPSA) is 12.9 Å². The maximum atomic E-state index is 12.3. The van der Waals surface area contributed by atoms with Gasteiger partial charge in [-0.2, -0.15) is 4.39 Å². The summed E-state index contributed by atoms with van der Waals surface area (Å²) in [7, 11) is 0. The van der Waals surface area contributed by atoms with Crippen molar-refractivity contribution in [2.75, 3.05) is 0 Å². The van der Waals surface area contributed by atoms with Gasteiger partial charge in [0.15, 0.2) is 5.82 Å². The first kappa shape index (κ1) is 7.05. The number of nitrogens with zero attached hydrogens (tertiary/aromatic N) is 1. The highest BCUT2D eigenvalue weighted by Gasteiger charge is 2.06. The van der Waals surface area contributed by atoms with Crippen LogP contribution in [0.5, 0.6) is 0 Å². The van der Waals surface area contributed by atoms with Gasteiger partial charge < -0.3 is 0 Å². The lowest BCUT2D eigenvalue weighted by Crippen LogP contribution is -1.95. The Morgan fingerprint density at radius 3 is 2.30 bits per heavy atom. The van der Waals surface area contributed by atoms with Crippen LogP contribution in [-0.4, -0.2) is 4.98 Å². The van der Waals surface area contributed by atoms with Gasteiger partial charge in [-0.05, 0) is 6.92 Å². The zero-order chi connectivity index (χ0) is 7.72. The van der Waals surface area contributed by atoms with Gasteiger partial charge in [0.1, 0.15) is 5.82 Å². The lowest BCUT2D eigenvalue weighted by Gasteiger charge is -1.94. The van der Waals surface area contributed by atoms with Crippen LogP contribution in [0.2, 0.25) is 0 Å². The number of hydrogen-bond donors (Lipinski definition) is 0. The van der Waals surface area contributed by atoms with E-state index in [1.165, 1.54) is 6.92 Å². The van der Waals surface area contributed by atoms with Crippen molar-refractivity contribution in [3.05, 3.63) is 29.3 Å². The number of hydrogen-bond acceptors (Lipinski definition) is 1. The average Bonchev–Trinajstić information content (AvgIpc) is 1.84. The molecule has 1 nitrogen and oxygen atoms in total. The van der Waals surface area contributed by atoms with Crippen LogP contribution in [0.3, 0.4) is 0 Å². The van der Waals surface area contributed by atoms with Gasteiger partial charge in [-0.1, -0.05) is 0 Å². The highest BCUT2D eigenvalue weighted by atomic mass is 19.2. The van der Waals surface area contributed by atoms with Crippen molar-refractivity contribution in [3.63, 3.8) is 0 Å². The number of aryl methyl sites for hydroxylation is 1. The number of pyridine rings is 1. The summed E-state index contributed by atoms with van der Waals surface area (Å²) >= 11 is 0. The van der Waals surface area contributed by atoms with Gasteiger partial charge in [0, 0.05) is 6.07 Å². The monoisotopic (exact) mass is 147 g/mol. The third kappa shape index (κ3) is 1.10. The van der Waals surface area contributed by atoms with Crippen molar-refractivity contribution in [1.82, 2.24) is 4.98 Å². The second-order valence-electron chi connectivity index (χ2n) is 1.83. The van der Waals surface area contributed by atoms with Crippen molar-refractivity contribution in [2.45, 2.75) is 6.92 Å². The van der Waals surface area contributed by atoms with E-state index in [2.05, 4.69) is 4.98 Å². The Morgan fingerprint density at radius 2 is 1.80 bits per heavy atom. The number of halogens is 3. The maximum absolute atomic E-state index is 12.3. The molecule has 54 valence electrons. The lowest BCUT2D eigenvalue weighted by atomic mass is 10.3. The first-order chi connectivity index (χ1) is 4.61. The Balaban J connectivity index is 3.28. The Bertz CT molecular complexity index is 209. The standard InChI is InChI=1S/C6H4F3N/c1-3-4(7)2-5(8)6(9)10-3/h2H,1H3. The Kier molecular flexibility index (Phi) is 1.61. The zero-order valence-corrected chi connectivity index (χ0v) is 5.16. The largest absolute Gasteiger partial charge is 0.249 e. The van der Waals surface area contributed by atoms with Gasteiger partial charge in [0.25, 0.3) is 0 Å². The third-order valence-corrected chi connectivity index (χ3v) is 1.06. The maximum Gasteiger partial charge on any atom is 0.249 e. The summed E-state index contributed by atoms with van der Waals surface area (Å²) in [6.07, 6.45) is 0. The second-order valence-corrected chi connectivity index (χ2v) is 1.83. The lowest BCUT2D eigenvalue weighted by molar-refractivity contribution is 0.459. The Morgan fingerprint density at radius 1 is 1.20 bits per heavy atom. The van der Waals surface area contributed by atoms with Crippen LogP contribution in [0.1, 0.15) is 5.69 Å². The molecule has 0 atom stereocenters. The summed E-state index contributed by atoms with van der Waals surface area (Å²) in [6, 6.07) is 0.470. The molecule has 0 radical (unpaired) electrons. The summed E-state index contributed by atoms with van der Waals surface area (Å²) in [4.78, 5) is 2.96. The van der Waals surface area contributed by atoms with E-state index in [0.717, 1.165) is 0 Å². The van der Waals surface area contributed by atoms with Gasteiger partial charge in [-0.3, -0.25) is 0 Å². The molecular weight excluding hydrogens is 143 g/mol. The quantitative estimate of drug-likeness (QED) is 0.510. The fourth-order valence-electron chi connectivity index (χ4n) is 0.529. The van der Waals surface area contributed by atoms with E-state index in [1.807, 2.05) is 0 Å². The molecule has 0 amide bonds. The molecule has 0 saturated carbocycles. The zero-order valence-electron chi connectivity index (χ0n) is 5.16. The molecule has 0 saturated heterocycles. The SMILES string of the molecule is Cc1nc(F)c(F)cc1F. The Labute approximate surface area is 55.5 Å². The number of rotatable bonds is 0. The van der Waals surface area contributed by atoms with Gasteiger partial charge in [0.2, 0.25) is 5.95 Å². The molecule has 1 aromatic rings. The van der Waals surface area contributed by atoms with Crippen molar-refractivity contribution in [3.8, 4) is 0 Å². The minimum atomic E-state index is -1.26. The first-order valence-corrected chi connectivity index (χ1v) is 2.59. The van der Waals surface area contributed by atoms with Gasteiger partial charge in [-0.15, -0.1) is 0 Å². The molecule has 1 heterocycles. The molecule has 0 spiro atoms. The molecule has 10 heavy (non-hydrogen) atoms. The van der Waals surface area contributed by atoms with Crippen LogP contribution < -0.4 is 0 Å². The van der Waals surface area contributed by atoms with Gasteiger partial charge in [0.05, 0.1) is 5.69 Å². The summed E-state index contributed by atoms with van der Waals surface area (Å²) < 4.78 is 36.5. The summed E-state index contributed by atoms with van der Waals surface area (Å²) in [5.74, 6) is -3.36. The third-order valence-electron chi connectivity index (χ3n) is 1.06. The molecule has 1 aromatic heterocycles. The summed E-state index contributed by atoms with van der Waals surface area (Å²) in [5, 5.41) is 0. The van der Waals surface area contributed by atoms with Crippen LogP contribution in [0.4, 0.5) is 13.2 Å². The fraction of sp³-hybridized carbons (Fsp3) is 0.167. The molecule has 0 aromatic carbocycles. The minimum Gasteiger partial charge on any atom is -0.219 e. The molecule has 0 aliphatic rings. The van der Waals surface area contributed by atoms with Crippen molar-refractivity contribution >= 4 is 0 Å². The van der Waals surface area contributed by atoms with Crippen molar-refractivity contribution in [2.24, 2.45) is 0 Å². The molecule has 0 fully saturated rings. The molecule has 0 unspecified atom stereocenters. The van der Waals surface area contributed by atoms with Crippen LogP contribution in [-0.2, 0) is 0 Å². The first-order valence-electron chi connectivity index (χ1n) is 2.59.